The second-order valence-corrected chi connectivity index (χ2v) is 7.74. The molecular formula is C23H25N3O2. The summed E-state index contributed by atoms with van der Waals surface area (Å²) >= 11 is 0. The Kier molecular flexibility index (Phi) is 4.61. The van der Waals surface area contributed by atoms with Crippen LogP contribution in [0.15, 0.2) is 47.0 Å². The summed E-state index contributed by atoms with van der Waals surface area (Å²) in [5.41, 5.74) is 5.94. The molecular weight excluding hydrogens is 350 g/mol. The van der Waals surface area contributed by atoms with Crippen molar-refractivity contribution < 1.29 is 9.15 Å². The summed E-state index contributed by atoms with van der Waals surface area (Å²) in [4.78, 5) is 11.5. The maximum Gasteiger partial charge on any atom is 0.245 e. The van der Waals surface area contributed by atoms with Crippen LogP contribution in [0.5, 0.6) is 0 Å². The monoisotopic (exact) mass is 375 g/mol. The van der Waals surface area contributed by atoms with Crippen LogP contribution in [0.25, 0.3) is 11.6 Å². The van der Waals surface area contributed by atoms with Gasteiger partial charge in [0, 0.05) is 31.4 Å². The van der Waals surface area contributed by atoms with Crippen LogP contribution in [0.3, 0.4) is 0 Å². The first-order valence-electron chi connectivity index (χ1n) is 10.1. The third-order valence-corrected chi connectivity index (χ3v) is 5.76. The van der Waals surface area contributed by atoms with Gasteiger partial charge in [0.05, 0.1) is 18.9 Å². The molecule has 0 N–H and O–H groups in total. The molecule has 3 aromatic rings. The largest absolute Gasteiger partial charge is 0.440 e. The van der Waals surface area contributed by atoms with Crippen molar-refractivity contribution in [2.45, 2.75) is 32.1 Å². The molecule has 1 aliphatic heterocycles. The van der Waals surface area contributed by atoms with E-state index >= 15 is 0 Å². The highest BCUT2D eigenvalue weighted by Crippen LogP contribution is 2.36. The van der Waals surface area contributed by atoms with E-state index in [1.165, 1.54) is 16.8 Å². The van der Waals surface area contributed by atoms with Crippen molar-refractivity contribution in [1.29, 1.82) is 0 Å². The standard InChI is InChI=1S/C23H25N3O2/c1-16-12-18(14-19(13-16)26-8-10-27-11-9-26)17-5-6-20-22(15-17)28-23(25-20)21-4-2-3-7-24-21/h2-4,7,12-14,17H,5-6,8-11,15H2,1H3. The fourth-order valence-electron chi connectivity index (χ4n) is 4.29. The summed E-state index contributed by atoms with van der Waals surface area (Å²) in [7, 11) is 0. The van der Waals surface area contributed by atoms with Crippen LogP contribution in [0.1, 0.15) is 34.9 Å². The second-order valence-electron chi connectivity index (χ2n) is 7.74. The zero-order valence-electron chi connectivity index (χ0n) is 16.2. The number of hydrogen-bond donors (Lipinski definition) is 0. The van der Waals surface area contributed by atoms with Crippen LogP contribution in [-0.4, -0.2) is 36.3 Å². The van der Waals surface area contributed by atoms with Crippen molar-refractivity contribution >= 4 is 5.69 Å². The van der Waals surface area contributed by atoms with Gasteiger partial charge < -0.3 is 14.1 Å². The molecule has 1 unspecified atom stereocenters. The first kappa shape index (κ1) is 17.4. The lowest BCUT2D eigenvalue weighted by molar-refractivity contribution is 0.122. The summed E-state index contributed by atoms with van der Waals surface area (Å²) < 4.78 is 11.6. The predicted molar refractivity (Wildman–Crippen MR) is 109 cm³/mol. The Morgan fingerprint density at radius 2 is 2.00 bits per heavy atom. The van der Waals surface area contributed by atoms with Gasteiger partial charge in [0.2, 0.25) is 5.89 Å². The molecule has 1 atom stereocenters. The van der Waals surface area contributed by atoms with Gasteiger partial charge in [-0.2, -0.15) is 0 Å². The Bertz CT molecular complexity index is 961. The molecule has 5 nitrogen and oxygen atoms in total. The van der Waals surface area contributed by atoms with Gasteiger partial charge >= 0.3 is 0 Å². The van der Waals surface area contributed by atoms with E-state index in [0.29, 0.717) is 11.8 Å². The highest BCUT2D eigenvalue weighted by Gasteiger charge is 2.26. The van der Waals surface area contributed by atoms with Crippen molar-refractivity contribution in [1.82, 2.24) is 9.97 Å². The maximum atomic E-state index is 6.12. The molecule has 5 heteroatoms. The summed E-state index contributed by atoms with van der Waals surface area (Å²) in [6.07, 6.45) is 4.74. The van der Waals surface area contributed by atoms with Gasteiger partial charge in [0.1, 0.15) is 11.5 Å². The predicted octanol–water partition coefficient (Wildman–Crippen LogP) is 4.15. The molecule has 28 heavy (non-hydrogen) atoms. The molecule has 1 aliphatic carbocycles. The molecule has 0 saturated carbocycles. The minimum absolute atomic E-state index is 0.469. The van der Waals surface area contributed by atoms with E-state index in [1.807, 2.05) is 18.2 Å². The highest BCUT2D eigenvalue weighted by molar-refractivity contribution is 5.53. The number of fused-ring (bicyclic) bond motifs is 1. The average molecular weight is 375 g/mol. The van der Waals surface area contributed by atoms with E-state index in [0.717, 1.165) is 62.7 Å². The van der Waals surface area contributed by atoms with Gasteiger partial charge in [0.25, 0.3) is 0 Å². The van der Waals surface area contributed by atoms with Crippen molar-refractivity contribution in [3.63, 3.8) is 0 Å². The number of aryl methyl sites for hydroxylation is 2. The first-order valence-corrected chi connectivity index (χ1v) is 10.1. The van der Waals surface area contributed by atoms with E-state index in [-0.39, 0.29) is 0 Å². The third kappa shape index (κ3) is 3.42. The minimum Gasteiger partial charge on any atom is -0.440 e. The van der Waals surface area contributed by atoms with Gasteiger partial charge in [0.15, 0.2) is 0 Å². The van der Waals surface area contributed by atoms with Crippen LogP contribution < -0.4 is 4.90 Å². The molecule has 0 bridgehead atoms. The Morgan fingerprint density at radius 3 is 2.82 bits per heavy atom. The molecule has 2 aromatic heterocycles. The van der Waals surface area contributed by atoms with E-state index in [4.69, 9.17) is 14.1 Å². The number of ether oxygens (including phenoxy) is 1. The number of aromatic nitrogens is 2. The molecule has 1 fully saturated rings. The first-order chi connectivity index (χ1) is 13.8. The number of rotatable bonds is 3. The number of benzene rings is 1. The molecule has 1 saturated heterocycles. The molecule has 0 radical (unpaired) electrons. The Morgan fingerprint density at radius 1 is 1.11 bits per heavy atom. The quantitative estimate of drug-likeness (QED) is 0.688. The molecule has 144 valence electrons. The molecule has 0 amide bonds. The van der Waals surface area contributed by atoms with Crippen molar-refractivity contribution in [3.8, 4) is 11.6 Å². The van der Waals surface area contributed by atoms with Gasteiger partial charge in [-0.25, -0.2) is 4.98 Å². The fraction of sp³-hybridized carbons (Fsp3) is 0.391. The van der Waals surface area contributed by atoms with E-state index in [9.17, 15) is 0 Å². The average Bonchev–Trinajstić information content (AvgIpc) is 3.18. The Hall–Kier alpha value is -2.66. The lowest BCUT2D eigenvalue weighted by Crippen LogP contribution is -2.36. The van der Waals surface area contributed by atoms with Crippen LogP contribution in [0, 0.1) is 6.92 Å². The van der Waals surface area contributed by atoms with E-state index < -0.39 is 0 Å². The molecule has 2 aliphatic rings. The molecule has 0 spiro atoms. The summed E-state index contributed by atoms with van der Waals surface area (Å²) in [5.74, 6) is 2.13. The maximum absolute atomic E-state index is 6.12. The van der Waals surface area contributed by atoms with E-state index in [1.54, 1.807) is 6.20 Å². The van der Waals surface area contributed by atoms with Crippen LogP contribution in [0.2, 0.25) is 0 Å². The Balaban J connectivity index is 1.40. The Labute approximate surface area is 165 Å². The van der Waals surface area contributed by atoms with Crippen molar-refractivity contribution in [2.75, 3.05) is 31.2 Å². The smallest absolute Gasteiger partial charge is 0.245 e. The van der Waals surface area contributed by atoms with Gasteiger partial charge in [-0.05, 0) is 61.1 Å². The van der Waals surface area contributed by atoms with E-state index in [2.05, 4.69) is 35.0 Å². The summed E-state index contributed by atoms with van der Waals surface area (Å²) in [6, 6.07) is 12.8. The minimum atomic E-state index is 0.469. The van der Waals surface area contributed by atoms with Crippen LogP contribution >= 0.6 is 0 Å². The lowest BCUT2D eigenvalue weighted by atomic mass is 9.84. The normalized spacial score (nSPS) is 19.5. The lowest BCUT2D eigenvalue weighted by Gasteiger charge is -2.30. The number of pyridine rings is 1. The number of morpholine rings is 1. The summed E-state index contributed by atoms with van der Waals surface area (Å²) in [6.45, 7) is 5.74. The van der Waals surface area contributed by atoms with Gasteiger partial charge in [-0.15, -0.1) is 0 Å². The van der Waals surface area contributed by atoms with Crippen LogP contribution in [-0.2, 0) is 17.6 Å². The number of hydrogen-bond acceptors (Lipinski definition) is 5. The molecule has 3 heterocycles. The zero-order chi connectivity index (χ0) is 18.9. The SMILES string of the molecule is Cc1cc(C2CCc3nc(-c4ccccn4)oc3C2)cc(N2CCOCC2)c1. The highest BCUT2D eigenvalue weighted by atomic mass is 16.5. The van der Waals surface area contributed by atoms with Gasteiger partial charge in [-0.1, -0.05) is 12.1 Å². The van der Waals surface area contributed by atoms with Crippen molar-refractivity contribution in [3.05, 3.63) is 65.2 Å². The van der Waals surface area contributed by atoms with Crippen molar-refractivity contribution in [2.24, 2.45) is 0 Å². The van der Waals surface area contributed by atoms with Crippen LogP contribution in [0.4, 0.5) is 5.69 Å². The molecule has 1 aromatic carbocycles. The number of nitrogens with zero attached hydrogens (tertiary/aromatic N) is 3. The summed E-state index contributed by atoms with van der Waals surface area (Å²) in [5, 5.41) is 0. The number of oxazole rings is 1. The fourth-order valence-corrected chi connectivity index (χ4v) is 4.29. The molecule has 5 rings (SSSR count). The zero-order valence-corrected chi connectivity index (χ0v) is 16.2. The second kappa shape index (κ2) is 7.40. The number of anilines is 1. The third-order valence-electron chi connectivity index (χ3n) is 5.76. The van der Waals surface area contributed by atoms with Gasteiger partial charge in [-0.3, -0.25) is 4.98 Å². The topological polar surface area (TPSA) is 51.4 Å².